The van der Waals surface area contributed by atoms with Crippen molar-refractivity contribution >= 4 is 5.91 Å². The number of carbonyl (C=O) groups is 1. The number of pyridine rings is 1. The van der Waals surface area contributed by atoms with Crippen LogP contribution in [0.5, 0.6) is 0 Å². The summed E-state index contributed by atoms with van der Waals surface area (Å²) in [4.78, 5) is 20.2. The first-order valence-corrected chi connectivity index (χ1v) is 6.59. The van der Waals surface area contributed by atoms with E-state index in [0.29, 0.717) is 6.54 Å². The van der Waals surface area contributed by atoms with E-state index in [9.17, 15) is 4.79 Å². The summed E-state index contributed by atoms with van der Waals surface area (Å²) in [6.07, 6.45) is 9.71. The third kappa shape index (κ3) is 3.32. The molecule has 2 rings (SSSR count). The lowest BCUT2D eigenvalue weighted by Crippen LogP contribution is -2.24. The monoisotopic (exact) mass is 270 g/mol. The number of carbonyl (C=O) groups excluding carboxylic acids is 1. The first-order valence-electron chi connectivity index (χ1n) is 6.59. The van der Waals surface area contributed by atoms with E-state index in [1.807, 2.05) is 42.8 Å². The molecule has 0 atom stereocenters. The summed E-state index contributed by atoms with van der Waals surface area (Å²) >= 11 is 0. The van der Waals surface area contributed by atoms with E-state index in [0.717, 1.165) is 23.4 Å². The Balaban J connectivity index is 2.11. The highest BCUT2D eigenvalue weighted by Crippen LogP contribution is 2.10. The van der Waals surface area contributed by atoms with E-state index in [2.05, 4.69) is 15.3 Å². The van der Waals surface area contributed by atoms with Gasteiger partial charge in [-0.05, 0) is 19.4 Å². The van der Waals surface area contributed by atoms with Crippen molar-refractivity contribution in [1.29, 1.82) is 0 Å². The fourth-order valence-electron chi connectivity index (χ4n) is 1.90. The molecule has 2 aromatic rings. The third-order valence-corrected chi connectivity index (χ3v) is 2.92. The van der Waals surface area contributed by atoms with Gasteiger partial charge < -0.3 is 5.32 Å². The predicted octanol–water partition coefficient (Wildman–Crippen LogP) is 2.24. The van der Waals surface area contributed by atoms with Crippen LogP contribution in [0.25, 0.3) is 5.82 Å². The van der Waals surface area contributed by atoms with Gasteiger partial charge in [0.2, 0.25) is 5.91 Å². The number of aromatic nitrogens is 3. The Morgan fingerprint density at radius 1 is 1.45 bits per heavy atom. The highest BCUT2D eigenvalue weighted by atomic mass is 16.1. The van der Waals surface area contributed by atoms with Gasteiger partial charge in [-0.1, -0.05) is 19.1 Å². The van der Waals surface area contributed by atoms with Crippen LogP contribution in [0.3, 0.4) is 0 Å². The van der Waals surface area contributed by atoms with Crippen molar-refractivity contribution in [3.8, 4) is 5.82 Å². The smallest absolute Gasteiger partial charge is 0.246 e. The number of imidazole rings is 1. The minimum absolute atomic E-state index is 0.0488. The van der Waals surface area contributed by atoms with Crippen LogP contribution < -0.4 is 5.32 Å². The lowest BCUT2D eigenvalue weighted by Gasteiger charge is -2.10. The molecule has 2 aromatic heterocycles. The van der Waals surface area contributed by atoms with E-state index < -0.39 is 0 Å². The molecule has 0 aliphatic heterocycles. The maximum absolute atomic E-state index is 11.9. The fourth-order valence-corrected chi connectivity index (χ4v) is 1.90. The standard InChI is InChI=1S/C15H18N4O/c1-3-5-12(2)15(20)18-10-13-6-4-7-17-14(13)19-9-8-16-11-19/h4-9,11H,3,10H2,1-2H3,(H,18,20)/b12-5+. The molecule has 0 aliphatic rings. The number of amides is 1. The van der Waals surface area contributed by atoms with Gasteiger partial charge in [0.05, 0.1) is 0 Å². The predicted molar refractivity (Wildman–Crippen MR) is 77.3 cm³/mol. The Morgan fingerprint density at radius 2 is 2.30 bits per heavy atom. The number of hydrogen-bond acceptors (Lipinski definition) is 3. The first-order chi connectivity index (χ1) is 9.72. The average molecular weight is 270 g/mol. The maximum atomic E-state index is 11.9. The van der Waals surface area contributed by atoms with Crippen LogP contribution in [0.1, 0.15) is 25.8 Å². The van der Waals surface area contributed by atoms with Crippen molar-refractivity contribution in [2.24, 2.45) is 0 Å². The van der Waals surface area contributed by atoms with Crippen molar-refractivity contribution < 1.29 is 4.79 Å². The van der Waals surface area contributed by atoms with Crippen LogP contribution in [0.4, 0.5) is 0 Å². The average Bonchev–Trinajstić information content (AvgIpc) is 2.99. The molecule has 2 heterocycles. The zero-order valence-corrected chi connectivity index (χ0v) is 11.7. The van der Waals surface area contributed by atoms with Crippen molar-refractivity contribution in [1.82, 2.24) is 19.9 Å². The second-order valence-electron chi connectivity index (χ2n) is 4.43. The highest BCUT2D eigenvalue weighted by molar-refractivity contribution is 5.92. The SMILES string of the molecule is CC/C=C(\C)C(=O)NCc1cccnc1-n1ccnc1. The Hall–Kier alpha value is -2.43. The quantitative estimate of drug-likeness (QED) is 0.848. The van der Waals surface area contributed by atoms with Crippen molar-refractivity contribution in [2.75, 3.05) is 0 Å². The molecule has 0 aliphatic carbocycles. The molecule has 0 bridgehead atoms. The minimum atomic E-state index is -0.0488. The van der Waals surface area contributed by atoms with Gasteiger partial charge in [-0.15, -0.1) is 0 Å². The number of nitrogens with zero attached hydrogens (tertiary/aromatic N) is 3. The van der Waals surface area contributed by atoms with E-state index in [1.54, 1.807) is 18.7 Å². The number of hydrogen-bond donors (Lipinski definition) is 1. The zero-order valence-electron chi connectivity index (χ0n) is 11.7. The molecule has 0 unspecified atom stereocenters. The van der Waals surface area contributed by atoms with Crippen molar-refractivity contribution in [3.05, 3.63) is 54.3 Å². The van der Waals surface area contributed by atoms with Gasteiger partial charge in [-0.2, -0.15) is 0 Å². The molecule has 0 aromatic carbocycles. The van der Waals surface area contributed by atoms with Gasteiger partial charge in [0.15, 0.2) is 0 Å². The van der Waals surface area contributed by atoms with E-state index in [4.69, 9.17) is 0 Å². The van der Waals surface area contributed by atoms with E-state index in [1.165, 1.54) is 0 Å². The topological polar surface area (TPSA) is 59.8 Å². The molecule has 0 spiro atoms. The van der Waals surface area contributed by atoms with Crippen molar-refractivity contribution in [2.45, 2.75) is 26.8 Å². The molecule has 0 saturated carbocycles. The molecule has 104 valence electrons. The second kappa shape index (κ2) is 6.65. The summed E-state index contributed by atoms with van der Waals surface area (Å²) in [5, 5.41) is 2.90. The highest BCUT2D eigenvalue weighted by Gasteiger charge is 2.08. The van der Waals surface area contributed by atoms with Crippen molar-refractivity contribution in [3.63, 3.8) is 0 Å². The summed E-state index contributed by atoms with van der Waals surface area (Å²) in [6.45, 7) is 4.27. The van der Waals surface area contributed by atoms with Gasteiger partial charge in [-0.3, -0.25) is 9.36 Å². The van der Waals surface area contributed by atoms with Crippen LogP contribution in [0.15, 0.2) is 48.7 Å². The Bertz CT molecular complexity index is 602. The second-order valence-corrected chi connectivity index (χ2v) is 4.43. The molecule has 1 amide bonds. The van der Waals surface area contributed by atoms with Crippen LogP contribution >= 0.6 is 0 Å². The third-order valence-electron chi connectivity index (χ3n) is 2.92. The van der Waals surface area contributed by atoms with Gasteiger partial charge in [0.25, 0.3) is 0 Å². The molecule has 0 radical (unpaired) electrons. The Labute approximate surface area is 118 Å². The molecule has 0 saturated heterocycles. The lowest BCUT2D eigenvalue weighted by molar-refractivity contribution is -0.117. The van der Waals surface area contributed by atoms with Crippen LogP contribution in [-0.4, -0.2) is 20.4 Å². The Kier molecular flexibility index (Phi) is 4.65. The van der Waals surface area contributed by atoms with Gasteiger partial charge in [0.1, 0.15) is 12.1 Å². The van der Waals surface area contributed by atoms with Crippen LogP contribution in [0.2, 0.25) is 0 Å². The molecule has 5 heteroatoms. The molecule has 0 fully saturated rings. The summed E-state index contributed by atoms with van der Waals surface area (Å²) < 4.78 is 1.83. The molecular weight excluding hydrogens is 252 g/mol. The van der Waals surface area contributed by atoms with Crippen LogP contribution in [0, 0.1) is 0 Å². The first kappa shape index (κ1) is 14.0. The summed E-state index contributed by atoms with van der Waals surface area (Å²) in [7, 11) is 0. The molecule has 1 N–H and O–H groups in total. The lowest BCUT2D eigenvalue weighted by atomic mass is 10.2. The minimum Gasteiger partial charge on any atom is -0.348 e. The van der Waals surface area contributed by atoms with Gasteiger partial charge in [-0.25, -0.2) is 9.97 Å². The Morgan fingerprint density at radius 3 is 3.00 bits per heavy atom. The molecule has 5 nitrogen and oxygen atoms in total. The fraction of sp³-hybridized carbons (Fsp3) is 0.267. The summed E-state index contributed by atoms with van der Waals surface area (Å²) in [5.41, 5.74) is 1.68. The van der Waals surface area contributed by atoms with E-state index in [-0.39, 0.29) is 5.91 Å². The van der Waals surface area contributed by atoms with Gasteiger partial charge >= 0.3 is 0 Å². The normalized spacial score (nSPS) is 11.4. The molecular formula is C15H18N4O. The summed E-state index contributed by atoms with van der Waals surface area (Å²) in [5.74, 6) is 0.731. The van der Waals surface area contributed by atoms with E-state index >= 15 is 0 Å². The maximum Gasteiger partial charge on any atom is 0.246 e. The summed E-state index contributed by atoms with van der Waals surface area (Å²) in [6, 6.07) is 3.80. The number of nitrogens with one attached hydrogen (secondary N) is 1. The van der Waals surface area contributed by atoms with Gasteiger partial charge in [0, 0.05) is 36.3 Å². The number of allylic oxidation sites excluding steroid dienone is 1. The molecule has 20 heavy (non-hydrogen) atoms. The zero-order chi connectivity index (χ0) is 14.4. The number of rotatable bonds is 5. The van der Waals surface area contributed by atoms with Crippen LogP contribution in [-0.2, 0) is 11.3 Å². The largest absolute Gasteiger partial charge is 0.348 e.